The summed E-state index contributed by atoms with van der Waals surface area (Å²) in [6, 6.07) is 0. The molecular formula is C15H25NOS. The lowest BCUT2D eigenvalue weighted by Crippen LogP contribution is -2.17. The van der Waals surface area contributed by atoms with Gasteiger partial charge in [0.1, 0.15) is 0 Å². The molecule has 1 atom stereocenters. The maximum atomic E-state index is 9.70. The molecule has 0 bridgehead atoms. The molecule has 0 amide bonds. The first kappa shape index (κ1) is 14.0. The van der Waals surface area contributed by atoms with E-state index in [4.69, 9.17) is 0 Å². The molecule has 3 heteroatoms. The Balaban J connectivity index is 2.03. The third-order valence-electron chi connectivity index (χ3n) is 4.29. The minimum Gasteiger partial charge on any atom is -0.388 e. The van der Waals surface area contributed by atoms with Crippen molar-refractivity contribution in [3.05, 3.63) is 15.6 Å². The monoisotopic (exact) mass is 267 g/mol. The third-order valence-corrected chi connectivity index (χ3v) is 5.78. The maximum Gasteiger partial charge on any atom is 0.0962 e. The highest BCUT2D eigenvalue weighted by Gasteiger charge is 2.27. The maximum absolute atomic E-state index is 9.70. The Kier molecular flexibility index (Phi) is 4.44. The highest BCUT2D eigenvalue weighted by molar-refractivity contribution is 7.11. The molecule has 0 spiro atoms. The van der Waals surface area contributed by atoms with Crippen LogP contribution in [0.5, 0.6) is 0 Å². The Morgan fingerprint density at radius 1 is 1.17 bits per heavy atom. The first-order valence-corrected chi connectivity index (χ1v) is 7.96. The van der Waals surface area contributed by atoms with Gasteiger partial charge in [0.15, 0.2) is 0 Å². The number of aryl methyl sites for hydroxylation is 1. The highest BCUT2D eigenvalue weighted by atomic mass is 32.1. The summed E-state index contributed by atoms with van der Waals surface area (Å²) in [7, 11) is 0. The molecule has 0 aromatic carbocycles. The summed E-state index contributed by atoms with van der Waals surface area (Å²) < 4.78 is 0. The van der Waals surface area contributed by atoms with E-state index < -0.39 is 0 Å². The van der Waals surface area contributed by atoms with Crippen LogP contribution < -0.4 is 0 Å². The summed E-state index contributed by atoms with van der Waals surface area (Å²) in [4.78, 5) is 5.74. The Hall–Kier alpha value is -0.410. The first-order valence-electron chi connectivity index (χ1n) is 7.14. The Morgan fingerprint density at radius 2 is 1.78 bits per heavy atom. The molecule has 1 heterocycles. The fourth-order valence-electron chi connectivity index (χ4n) is 3.02. The standard InChI is InChI=1S/C15H25NOS/c1-9(2)12-5-7-13(8-6-12)15-16-10(3)14(18-15)11(4)17/h9,11-13,17H,5-8H2,1-4H3. The van der Waals surface area contributed by atoms with Crippen LogP contribution in [0.1, 0.15) is 74.1 Å². The van der Waals surface area contributed by atoms with Crippen LogP contribution in [0.4, 0.5) is 0 Å². The summed E-state index contributed by atoms with van der Waals surface area (Å²) in [6.45, 7) is 8.52. The molecule has 1 aromatic heterocycles. The van der Waals surface area contributed by atoms with E-state index in [2.05, 4.69) is 18.8 Å². The van der Waals surface area contributed by atoms with E-state index in [9.17, 15) is 5.11 Å². The zero-order chi connectivity index (χ0) is 13.3. The topological polar surface area (TPSA) is 33.1 Å². The van der Waals surface area contributed by atoms with Crippen molar-refractivity contribution in [2.75, 3.05) is 0 Å². The number of hydrogen-bond acceptors (Lipinski definition) is 3. The van der Waals surface area contributed by atoms with Gasteiger partial charge in [-0.05, 0) is 51.4 Å². The average Bonchev–Trinajstić information content (AvgIpc) is 2.71. The van der Waals surface area contributed by atoms with Crippen molar-refractivity contribution in [2.24, 2.45) is 11.8 Å². The number of thiazole rings is 1. The van der Waals surface area contributed by atoms with Gasteiger partial charge in [0.25, 0.3) is 0 Å². The minimum atomic E-state index is -0.372. The van der Waals surface area contributed by atoms with Crippen LogP contribution in [0.15, 0.2) is 0 Å². The largest absolute Gasteiger partial charge is 0.388 e. The molecule has 2 nitrogen and oxygen atoms in total. The number of hydrogen-bond donors (Lipinski definition) is 1. The predicted octanol–water partition coefficient (Wildman–Crippen LogP) is 4.43. The summed E-state index contributed by atoms with van der Waals surface area (Å²) >= 11 is 1.72. The summed E-state index contributed by atoms with van der Waals surface area (Å²) in [5, 5.41) is 11.0. The van der Waals surface area contributed by atoms with Gasteiger partial charge in [-0.3, -0.25) is 0 Å². The summed E-state index contributed by atoms with van der Waals surface area (Å²) in [5.41, 5.74) is 1.02. The van der Waals surface area contributed by atoms with Crippen LogP contribution in [-0.2, 0) is 0 Å². The van der Waals surface area contributed by atoms with Crippen LogP contribution in [0.3, 0.4) is 0 Å². The quantitative estimate of drug-likeness (QED) is 0.878. The molecule has 1 N–H and O–H groups in total. The predicted molar refractivity (Wildman–Crippen MR) is 77.0 cm³/mol. The SMILES string of the molecule is Cc1nc(C2CCC(C(C)C)CC2)sc1C(C)O. The molecule has 1 aliphatic rings. The fourth-order valence-corrected chi connectivity index (χ4v) is 4.20. The number of aromatic nitrogens is 1. The Labute approximate surface area is 114 Å². The van der Waals surface area contributed by atoms with Gasteiger partial charge in [0.2, 0.25) is 0 Å². The van der Waals surface area contributed by atoms with Gasteiger partial charge in [-0.15, -0.1) is 11.3 Å². The van der Waals surface area contributed by atoms with Crippen LogP contribution in [0.2, 0.25) is 0 Å². The normalized spacial score (nSPS) is 26.6. The Bertz CT molecular complexity index is 389. The molecule has 0 aliphatic heterocycles. The van der Waals surface area contributed by atoms with Crippen molar-refractivity contribution in [1.29, 1.82) is 0 Å². The van der Waals surface area contributed by atoms with E-state index >= 15 is 0 Å². The second kappa shape index (κ2) is 5.70. The zero-order valence-corrected chi connectivity index (χ0v) is 12.8. The van der Waals surface area contributed by atoms with Gasteiger partial charge >= 0.3 is 0 Å². The molecule has 1 fully saturated rings. The van der Waals surface area contributed by atoms with E-state index in [1.807, 2.05) is 13.8 Å². The lowest BCUT2D eigenvalue weighted by molar-refractivity contribution is 0.202. The van der Waals surface area contributed by atoms with E-state index in [1.165, 1.54) is 30.7 Å². The van der Waals surface area contributed by atoms with Gasteiger partial charge in [-0.1, -0.05) is 13.8 Å². The number of nitrogens with zero attached hydrogens (tertiary/aromatic N) is 1. The van der Waals surface area contributed by atoms with Gasteiger partial charge < -0.3 is 5.11 Å². The van der Waals surface area contributed by atoms with Crippen molar-refractivity contribution in [3.63, 3.8) is 0 Å². The van der Waals surface area contributed by atoms with Crippen molar-refractivity contribution in [1.82, 2.24) is 4.98 Å². The van der Waals surface area contributed by atoms with Gasteiger partial charge in [-0.25, -0.2) is 4.98 Å². The molecule has 2 rings (SSSR count). The molecule has 1 saturated carbocycles. The summed E-state index contributed by atoms with van der Waals surface area (Å²) in [6.07, 6.45) is 4.85. The van der Waals surface area contributed by atoms with Crippen LogP contribution in [-0.4, -0.2) is 10.1 Å². The molecule has 102 valence electrons. The molecule has 0 saturated heterocycles. The summed E-state index contributed by atoms with van der Waals surface area (Å²) in [5.74, 6) is 2.35. The van der Waals surface area contributed by atoms with Gasteiger partial charge in [0.05, 0.1) is 21.7 Å². The first-order chi connectivity index (χ1) is 8.49. The average molecular weight is 267 g/mol. The van der Waals surface area contributed by atoms with E-state index in [0.717, 1.165) is 22.4 Å². The van der Waals surface area contributed by atoms with E-state index in [-0.39, 0.29) is 6.10 Å². The van der Waals surface area contributed by atoms with Crippen LogP contribution in [0.25, 0.3) is 0 Å². The number of rotatable bonds is 3. The van der Waals surface area contributed by atoms with Crippen molar-refractivity contribution in [2.45, 2.75) is 65.4 Å². The number of aliphatic hydroxyl groups is 1. The highest BCUT2D eigenvalue weighted by Crippen LogP contribution is 2.41. The minimum absolute atomic E-state index is 0.372. The fraction of sp³-hybridized carbons (Fsp3) is 0.800. The molecule has 1 aromatic rings. The van der Waals surface area contributed by atoms with Crippen molar-refractivity contribution >= 4 is 11.3 Å². The lowest BCUT2D eigenvalue weighted by Gasteiger charge is -2.29. The lowest BCUT2D eigenvalue weighted by atomic mass is 9.77. The van der Waals surface area contributed by atoms with Crippen molar-refractivity contribution in [3.8, 4) is 0 Å². The van der Waals surface area contributed by atoms with Gasteiger partial charge in [-0.2, -0.15) is 0 Å². The molecule has 0 radical (unpaired) electrons. The number of aliphatic hydroxyl groups excluding tert-OH is 1. The van der Waals surface area contributed by atoms with E-state index in [1.54, 1.807) is 11.3 Å². The smallest absolute Gasteiger partial charge is 0.0962 e. The Morgan fingerprint density at radius 3 is 2.22 bits per heavy atom. The zero-order valence-electron chi connectivity index (χ0n) is 11.9. The molecular weight excluding hydrogens is 242 g/mol. The van der Waals surface area contributed by atoms with Gasteiger partial charge in [0, 0.05) is 5.92 Å². The molecule has 1 unspecified atom stereocenters. The van der Waals surface area contributed by atoms with Crippen LogP contribution in [0, 0.1) is 18.8 Å². The van der Waals surface area contributed by atoms with Crippen LogP contribution >= 0.6 is 11.3 Å². The molecule has 18 heavy (non-hydrogen) atoms. The molecule has 1 aliphatic carbocycles. The van der Waals surface area contributed by atoms with E-state index in [0.29, 0.717) is 5.92 Å². The second-order valence-corrected chi connectivity index (χ2v) is 7.10. The third kappa shape index (κ3) is 2.94. The van der Waals surface area contributed by atoms with Crippen molar-refractivity contribution < 1.29 is 5.11 Å². The second-order valence-electron chi connectivity index (χ2n) is 6.03.